The summed E-state index contributed by atoms with van der Waals surface area (Å²) < 4.78 is 54.1. The second-order valence-corrected chi connectivity index (χ2v) is 10.3. The molecule has 0 aliphatic heterocycles. The summed E-state index contributed by atoms with van der Waals surface area (Å²) in [5.74, 6) is -2.39. The fraction of sp³-hybridized carbons (Fsp3) is 0.111. The third-order valence-electron chi connectivity index (χ3n) is 5.50. The van der Waals surface area contributed by atoms with Gasteiger partial charge in [-0.1, -0.05) is 29.8 Å². The summed E-state index contributed by atoms with van der Waals surface area (Å²) in [5, 5.41) is 5.75. The van der Waals surface area contributed by atoms with Gasteiger partial charge in [0, 0.05) is 40.6 Å². The molecule has 3 aromatic carbocycles. The van der Waals surface area contributed by atoms with E-state index in [-0.39, 0.29) is 17.0 Å². The molecule has 0 saturated heterocycles. The fourth-order valence-corrected chi connectivity index (χ4v) is 4.83. The number of anilines is 1. The molecular formula is C27H22ClF2N3O3S. The van der Waals surface area contributed by atoms with Crippen molar-refractivity contribution < 1.29 is 22.0 Å². The topological polar surface area (TPSA) is 88.2 Å². The molecule has 0 saturated carbocycles. The average molecular weight is 542 g/mol. The lowest BCUT2D eigenvalue weighted by atomic mass is 10.1. The fourth-order valence-electron chi connectivity index (χ4n) is 3.57. The number of hydrogen-bond acceptors (Lipinski definition) is 5. The SMILES string of the molecule is O=C(/C=C/c1ccc(F)c(F)c1)c1ccc(S(=O)(=O)NCCCNc2cncc3cc(Cl)ccc23)cc1. The van der Waals surface area contributed by atoms with Crippen LogP contribution in [0.1, 0.15) is 22.3 Å². The number of carbonyl (C=O) groups excluding carboxylic acids is 1. The Bertz CT molecular complexity index is 1580. The maximum absolute atomic E-state index is 13.3. The highest BCUT2D eigenvalue weighted by Crippen LogP contribution is 2.25. The first kappa shape index (κ1) is 26.4. The molecule has 0 spiro atoms. The molecule has 0 radical (unpaired) electrons. The molecule has 4 rings (SSSR count). The van der Waals surface area contributed by atoms with Crippen molar-refractivity contribution in [2.45, 2.75) is 11.3 Å². The zero-order chi connectivity index (χ0) is 26.4. The van der Waals surface area contributed by atoms with E-state index in [0.29, 0.717) is 23.6 Å². The molecule has 0 fully saturated rings. The predicted molar refractivity (Wildman–Crippen MR) is 141 cm³/mol. The second-order valence-electron chi connectivity index (χ2n) is 8.13. The van der Waals surface area contributed by atoms with E-state index in [0.717, 1.165) is 28.6 Å². The van der Waals surface area contributed by atoms with Crippen molar-refractivity contribution >= 4 is 49.9 Å². The van der Waals surface area contributed by atoms with Gasteiger partial charge in [0.2, 0.25) is 10.0 Å². The summed E-state index contributed by atoms with van der Waals surface area (Å²) in [7, 11) is -3.76. The van der Waals surface area contributed by atoms with Crippen LogP contribution in [0, 0.1) is 11.6 Å². The monoisotopic (exact) mass is 541 g/mol. The highest BCUT2D eigenvalue weighted by molar-refractivity contribution is 7.89. The van der Waals surface area contributed by atoms with E-state index in [1.807, 2.05) is 12.1 Å². The summed E-state index contributed by atoms with van der Waals surface area (Å²) in [5.41, 5.74) is 1.41. The number of allylic oxidation sites excluding steroid dienone is 1. The van der Waals surface area contributed by atoms with Gasteiger partial charge in [0.1, 0.15) is 0 Å². The lowest BCUT2D eigenvalue weighted by Gasteiger charge is -2.10. The van der Waals surface area contributed by atoms with Crippen molar-refractivity contribution in [3.05, 3.63) is 107 Å². The number of rotatable bonds is 10. The number of ketones is 1. The van der Waals surface area contributed by atoms with Gasteiger partial charge in [0.05, 0.1) is 16.8 Å². The average Bonchev–Trinajstić information content (AvgIpc) is 2.89. The van der Waals surface area contributed by atoms with Crippen molar-refractivity contribution in [3.8, 4) is 0 Å². The van der Waals surface area contributed by atoms with Crippen molar-refractivity contribution in [2.75, 3.05) is 18.4 Å². The lowest BCUT2D eigenvalue weighted by molar-refractivity contribution is 0.104. The quantitative estimate of drug-likeness (QED) is 0.149. The number of benzene rings is 3. The number of halogens is 3. The van der Waals surface area contributed by atoms with Crippen LogP contribution in [0.4, 0.5) is 14.5 Å². The largest absolute Gasteiger partial charge is 0.383 e. The molecule has 4 aromatic rings. The van der Waals surface area contributed by atoms with Crippen LogP contribution < -0.4 is 10.0 Å². The van der Waals surface area contributed by atoms with Gasteiger partial charge < -0.3 is 5.32 Å². The van der Waals surface area contributed by atoms with E-state index < -0.39 is 27.4 Å². The molecule has 0 bridgehead atoms. The molecule has 10 heteroatoms. The Labute approximate surface area is 218 Å². The van der Waals surface area contributed by atoms with Gasteiger partial charge in [-0.15, -0.1) is 0 Å². The van der Waals surface area contributed by atoms with Crippen molar-refractivity contribution in [1.82, 2.24) is 9.71 Å². The minimum atomic E-state index is -3.76. The van der Waals surface area contributed by atoms with Crippen LogP contribution in [0.25, 0.3) is 16.8 Å². The van der Waals surface area contributed by atoms with E-state index >= 15 is 0 Å². The minimum absolute atomic E-state index is 0.0247. The molecule has 190 valence electrons. The van der Waals surface area contributed by atoms with Crippen LogP contribution in [-0.4, -0.2) is 32.3 Å². The van der Waals surface area contributed by atoms with Gasteiger partial charge in [-0.05, 0) is 66.6 Å². The lowest BCUT2D eigenvalue weighted by Crippen LogP contribution is -2.26. The Morgan fingerprint density at radius 1 is 0.946 bits per heavy atom. The van der Waals surface area contributed by atoms with Crippen LogP contribution in [0.2, 0.25) is 5.02 Å². The number of hydrogen-bond donors (Lipinski definition) is 2. The number of nitrogens with zero attached hydrogens (tertiary/aromatic N) is 1. The third-order valence-corrected chi connectivity index (χ3v) is 7.21. The molecule has 1 aromatic heterocycles. The van der Waals surface area contributed by atoms with Crippen LogP contribution in [0.5, 0.6) is 0 Å². The molecule has 37 heavy (non-hydrogen) atoms. The Hall–Kier alpha value is -3.66. The second kappa shape index (κ2) is 11.6. The Balaban J connectivity index is 1.29. The van der Waals surface area contributed by atoms with Crippen LogP contribution in [0.3, 0.4) is 0 Å². The van der Waals surface area contributed by atoms with E-state index in [2.05, 4.69) is 15.0 Å². The molecule has 1 heterocycles. The Morgan fingerprint density at radius 2 is 1.73 bits per heavy atom. The Morgan fingerprint density at radius 3 is 2.49 bits per heavy atom. The Kier molecular flexibility index (Phi) is 8.27. The summed E-state index contributed by atoms with van der Waals surface area (Å²) in [6.45, 7) is 0.723. The highest BCUT2D eigenvalue weighted by atomic mass is 35.5. The van der Waals surface area contributed by atoms with E-state index in [1.165, 1.54) is 42.5 Å². The van der Waals surface area contributed by atoms with Gasteiger partial charge in [0.15, 0.2) is 17.4 Å². The molecule has 0 amide bonds. The normalized spacial score (nSPS) is 11.8. The molecule has 0 aliphatic rings. The highest BCUT2D eigenvalue weighted by Gasteiger charge is 2.14. The summed E-state index contributed by atoms with van der Waals surface area (Å²) in [6, 6.07) is 14.3. The van der Waals surface area contributed by atoms with Crippen LogP contribution >= 0.6 is 11.6 Å². The van der Waals surface area contributed by atoms with Gasteiger partial charge in [-0.2, -0.15) is 0 Å². The van der Waals surface area contributed by atoms with Gasteiger partial charge >= 0.3 is 0 Å². The van der Waals surface area contributed by atoms with Crippen LogP contribution in [-0.2, 0) is 10.0 Å². The molecule has 0 aliphatic carbocycles. The van der Waals surface area contributed by atoms with Crippen molar-refractivity contribution in [3.63, 3.8) is 0 Å². The maximum Gasteiger partial charge on any atom is 0.240 e. The minimum Gasteiger partial charge on any atom is -0.383 e. The van der Waals surface area contributed by atoms with Gasteiger partial charge in [-0.25, -0.2) is 21.9 Å². The molecule has 2 N–H and O–H groups in total. The first-order chi connectivity index (χ1) is 17.7. The number of fused-ring (bicyclic) bond motifs is 1. The molecular weight excluding hydrogens is 520 g/mol. The standard InChI is InChI=1S/C27H22ClF2N3O3S/c28-21-6-9-23-20(15-21)16-31-17-26(23)32-12-1-13-33-37(35,36)22-7-4-19(5-8-22)27(34)11-3-18-2-10-24(29)25(30)14-18/h2-11,14-17,32-33H,1,12-13H2/b11-3+. The van der Waals surface area contributed by atoms with Gasteiger partial charge in [-0.3, -0.25) is 9.78 Å². The maximum atomic E-state index is 13.3. The first-order valence-corrected chi connectivity index (χ1v) is 13.1. The van der Waals surface area contributed by atoms with Crippen molar-refractivity contribution in [2.24, 2.45) is 0 Å². The smallest absolute Gasteiger partial charge is 0.240 e. The van der Waals surface area contributed by atoms with Gasteiger partial charge in [0.25, 0.3) is 0 Å². The molecule has 0 unspecified atom stereocenters. The molecule has 0 atom stereocenters. The summed E-state index contributed by atoms with van der Waals surface area (Å²) in [6.07, 6.45) is 6.52. The number of aromatic nitrogens is 1. The molecule has 6 nitrogen and oxygen atoms in total. The zero-order valence-corrected chi connectivity index (χ0v) is 21.0. The van der Waals surface area contributed by atoms with E-state index in [9.17, 15) is 22.0 Å². The van der Waals surface area contributed by atoms with Crippen molar-refractivity contribution in [1.29, 1.82) is 0 Å². The predicted octanol–water partition coefficient (Wildman–Crippen LogP) is 5.84. The van der Waals surface area contributed by atoms with E-state index in [4.69, 9.17) is 11.6 Å². The van der Waals surface area contributed by atoms with Crippen LogP contribution in [0.15, 0.2) is 84.0 Å². The number of pyridine rings is 1. The number of carbonyl (C=O) groups is 1. The summed E-state index contributed by atoms with van der Waals surface area (Å²) in [4.78, 5) is 16.6. The number of sulfonamides is 1. The summed E-state index contributed by atoms with van der Waals surface area (Å²) >= 11 is 6.03. The zero-order valence-electron chi connectivity index (χ0n) is 19.4. The third kappa shape index (κ3) is 6.76. The number of nitrogens with one attached hydrogen (secondary N) is 2. The van der Waals surface area contributed by atoms with E-state index in [1.54, 1.807) is 18.5 Å². The first-order valence-electron chi connectivity index (χ1n) is 11.3.